The lowest BCUT2D eigenvalue weighted by Gasteiger charge is -2.24. The van der Waals surface area contributed by atoms with E-state index in [2.05, 4.69) is 15.3 Å². The van der Waals surface area contributed by atoms with Crippen molar-refractivity contribution in [3.63, 3.8) is 0 Å². The van der Waals surface area contributed by atoms with Crippen LogP contribution in [0.4, 0.5) is 0 Å². The number of aryl methyl sites for hydroxylation is 2. The van der Waals surface area contributed by atoms with Gasteiger partial charge in [0.25, 0.3) is 5.91 Å². The molecule has 26 heavy (non-hydrogen) atoms. The van der Waals surface area contributed by atoms with Crippen LogP contribution in [0.1, 0.15) is 34.5 Å². The number of rotatable bonds is 4. The Morgan fingerprint density at radius 3 is 2.92 bits per heavy atom. The molecule has 1 aromatic carbocycles. The molecule has 4 rings (SSSR count). The number of benzene rings is 1. The quantitative estimate of drug-likeness (QED) is 0.786. The molecule has 1 amide bonds. The van der Waals surface area contributed by atoms with E-state index in [1.165, 1.54) is 0 Å². The molecule has 3 heterocycles. The fourth-order valence-electron chi connectivity index (χ4n) is 3.66. The summed E-state index contributed by atoms with van der Waals surface area (Å²) in [6, 6.07) is 10.1. The van der Waals surface area contributed by atoms with Gasteiger partial charge < -0.3 is 4.90 Å². The van der Waals surface area contributed by atoms with Gasteiger partial charge in [-0.1, -0.05) is 24.3 Å². The number of carbonyl (C=O) groups excluding carboxylic acids is 1. The average molecular weight is 349 g/mol. The van der Waals surface area contributed by atoms with Gasteiger partial charge in [-0.25, -0.2) is 0 Å². The van der Waals surface area contributed by atoms with Crippen LogP contribution in [0, 0.1) is 13.8 Å². The van der Waals surface area contributed by atoms with Gasteiger partial charge in [0.15, 0.2) is 0 Å². The molecule has 0 spiro atoms. The van der Waals surface area contributed by atoms with Crippen LogP contribution in [0.25, 0.3) is 11.3 Å². The zero-order valence-corrected chi connectivity index (χ0v) is 15.1. The molecule has 0 bridgehead atoms. The molecule has 134 valence electrons. The highest BCUT2D eigenvalue weighted by molar-refractivity contribution is 5.93. The van der Waals surface area contributed by atoms with Gasteiger partial charge in [0.1, 0.15) is 5.69 Å². The number of nitrogens with zero attached hydrogens (tertiary/aromatic N) is 4. The number of aromatic amines is 1. The van der Waals surface area contributed by atoms with Crippen molar-refractivity contribution in [1.29, 1.82) is 0 Å². The van der Waals surface area contributed by atoms with Gasteiger partial charge in [-0.3, -0.25) is 14.6 Å². The lowest BCUT2D eigenvalue weighted by molar-refractivity contribution is 0.0715. The highest BCUT2D eigenvalue weighted by Crippen LogP contribution is 2.25. The topological polar surface area (TPSA) is 66.8 Å². The van der Waals surface area contributed by atoms with Gasteiger partial charge in [0.05, 0.1) is 24.5 Å². The van der Waals surface area contributed by atoms with Crippen LogP contribution in [0.15, 0.2) is 42.7 Å². The molecule has 6 nitrogen and oxygen atoms in total. The SMILES string of the molecule is Cc1cnn(C[C@@H]2CCCN2C(=O)c2cc(-c3ccccc3C)n[nH]2)c1. The zero-order chi connectivity index (χ0) is 18.1. The Hall–Kier alpha value is -2.89. The van der Waals surface area contributed by atoms with Crippen LogP contribution in [0.2, 0.25) is 0 Å². The van der Waals surface area contributed by atoms with Crippen LogP contribution in [-0.4, -0.2) is 43.4 Å². The summed E-state index contributed by atoms with van der Waals surface area (Å²) >= 11 is 0. The molecule has 1 aliphatic rings. The van der Waals surface area contributed by atoms with Crippen molar-refractivity contribution in [3.8, 4) is 11.3 Å². The molecule has 6 heteroatoms. The Morgan fingerprint density at radius 1 is 1.31 bits per heavy atom. The second-order valence-electron chi connectivity index (χ2n) is 7.02. The van der Waals surface area contributed by atoms with Gasteiger partial charge in [0, 0.05) is 18.3 Å². The predicted molar refractivity (Wildman–Crippen MR) is 99.8 cm³/mol. The molecule has 2 aromatic heterocycles. The second kappa shape index (κ2) is 6.78. The average Bonchev–Trinajstić information content (AvgIpc) is 3.36. The minimum absolute atomic E-state index is 0.0173. The zero-order valence-electron chi connectivity index (χ0n) is 15.1. The summed E-state index contributed by atoms with van der Waals surface area (Å²) < 4.78 is 1.93. The summed E-state index contributed by atoms with van der Waals surface area (Å²) in [4.78, 5) is 15.0. The smallest absolute Gasteiger partial charge is 0.272 e. The number of nitrogens with one attached hydrogen (secondary N) is 1. The second-order valence-corrected chi connectivity index (χ2v) is 7.02. The van der Waals surface area contributed by atoms with E-state index in [1.807, 2.05) is 66.2 Å². The van der Waals surface area contributed by atoms with E-state index in [4.69, 9.17) is 0 Å². The van der Waals surface area contributed by atoms with Crippen molar-refractivity contribution in [1.82, 2.24) is 24.9 Å². The fourth-order valence-corrected chi connectivity index (χ4v) is 3.66. The highest BCUT2D eigenvalue weighted by atomic mass is 16.2. The molecule has 1 saturated heterocycles. The van der Waals surface area contributed by atoms with Crippen molar-refractivity contribution in [3.05, 3.63) is 59.5 Å². The van der Waals surface area contributed by atoms with E-state index < -0.39 is 0 Å². The molecule has 1 aliphatic heterocycles. The van der Waals surface area contributed by atoms with Gasteiger partial charge in [-0.2, -0.15) is 10.2 Å². The lowest BCUT2D eigenvalue weighted by atomic mass is 10.1. The van der Waals surface area contributed by atoms with E-state index in [0.29, 0.717) is 5.69 Å². The molecule has 0 aliphatic carbocycles. The first-order valence-corrected chi connectivity index (χ1v) is 9.03. The summed E-state index contributed by atoms with van der Waals surface area (Å²) in [5.41, 5.74) is 4.69. The third kappa shape index (κ3) is 3.14. The molecule has 1 N–H and O–H groups in total. The van der Waals surface area contributed by atoms with Crippen molar-refractivity contribution < 1.29 is 4.79 Å². The van der Waals surface area contributed by atoms with Crippen molar-refractivity contribution >= 4 is 5.91 Å². The minimum atomic E-state index is 0.0173. The first-order chi connectivity index (χ1) is 12.6. The molecule has 1 fully saturated rings. The molecular formula is C20H23N5O. The number of H-pyrrole nitrogens is 1. The Balaban J connectivity index is 1.53. The van der Waals surface area contributed by atoms with E-state index in [1.54, 1.807) is 0 Å². The molecule has 0 unspecified atom stereocenters. The van der Waals surface area contributed by atoms with E-state index in [0.717, 1.165) is 48.3 Å². The Labute approximate surface area is 152 Å². The largest absolute Gasteiger partial charge is 0.332 e. The fraction of sp³-hybridized carbons (Fsp3) is 0.350. The molecule has 3 aromatic rings. The number of aromatic nitrogens is 4. The van der Waals surface area contributed by atoms with Gasteiger partial charge in [-0.05, 0) is 43.9 Å². The third-order valence-corrected chi connectivity index (χ3v) is 5.03. The summed E-state index contributed by atoms with van der Waals surface area (Å²) in [5, 5.41) is 11.7. The first-order valence-electron chi connectivity index (χ1n) is 9.03. The normalized spacial score (nSPS) is 17.0. The Bertz CT molecular complexity index is 926. The third-order valence-electron chi connectivity index (χ3n) is 5.03. The molecule has 0 saturated carbocycles. The van der Waals surface area contributed by atoms with Crippen LogP contribution >= 0.6 is 0 Å². The first kappa shape index (κ1) is 16.6. The Morgan fingerprint density at radius 2 is 2.15 bits per heavy atom. The van der Waals surface area contributed by atoms with Gasteiger partial charge in [-0.15, -0.1) is 0 Å². The summed E-state index contributed by atoms with van der Waals surface area (Å²) in [6.07, 6.45) is 5.90. The maximum absolute atomic E-state index is 13.0. The van der Waals surface area contributed by atoms with Crippen LogP contribution in [0.5, 0.6) is 0 Å². The van der Waals surface area contributed by atoms with Crippen molar-refractivity contribution in [2.24, 2.45) is 0 Å². The number of hydrogen-bond acceptors (Lipinski definition) is 3. The van der Waals surface area contributed by atoms with Crippen LogP contribution in [-0.2, 0) is 6.54 Å². The standard InChI is InChI=1S/C20H23N5O/c1-14-11-21-24(12-14)13-16-7-5-9-25(16)20(26)19-10-18(22-23-19)17-8-4-3-6-15(17)2/h3-4,6,8,10-12,16H,5,7,9,13H2,1-2H3,(H,22,23)/t16-/m0/s1. The van der Waals surface area contributed by atoms with Crippen molar-refractivity contribution in [2.45, 2.75) is 39.3 Å². The monoisotopic (exact) mass is 349 g/mol. The summed E-state index contributed by atoms with van der Waals surface area (Å²) in [6.45, 7) is 5.59. The molecule has 1 atom stereocenters. The summed E-state index contributed by atoms with van der Waals surface area (Å²) in [5.74, 6) is 0.0173. The molecule has 0 radical (unpaired) electrons. The van der Waals surface area contributed by atoms with Gasteiger partial charge >= 0.3 is 0 Å². The molecular weight excluding hydrogens is 326 g/mol. The van der Waals surface area contributed by atoms with E-state index >= 15 is 0 Å². The summed E-state index contributed by atoms with van der Waals surface area (Å²) in [7, 11) is 0. The van der Waals surface area contributed by atoms with E-state index in [-0.39, 0.29) is 11.9 Å². The number of hydrogen-bond donors (Lipinski definition) is 1. The van der Waals surface area contributed by atoms with E-state index in [9.17, 15) is 4.79 Å². The maximum atomic E-state index is 13.0. The number of amides is 1. The predicted octanol–water partition coefficient (Wildman–Crippen LogP) is 3.19. The van der Waals surface area contributed by atoms with Crippen molar-refractivity contribution in [2.75, 3.05) is 6.54 Å². The number of likely N-dealkylation sites (tertiary alicyclic amines) is 1. The van der Waals surface area contributed by atoms with Gasteiger partial charge in [0.2, 0.25) is 0 Å². The van der Waals surface area contributed by atoms with Crippen LogP contribution < -0.4 is 0 Å². The lowest BCUT2D eigenvalue weighted by Crippen LogP contribution is -2.38. The Kier molecular flexibility index (Phi) is 4.32. The number of carbonyl (C=O) groups is 1. The van der Waals surface area contributed by atoms with Crippen LogP contribution in [0.3, 0.4) is 0 Å². The minimum Gasteiger partial charge on any atom is -0.332 e. The maximum Gasteiger partial charge on any atom is 0.272 e. The highest BCUT2D eigenvalue weighted by Gasteiger charge is 2.31.